The van der Waals surface area contributed by atoms with E-state index < -0.39 is 0 Å². The number of nitrogen functional groups attached to an aromatic ring is 1. The lowest BCUT2D eigenvalue weighted by Gasteiger charge is -2.18. The van der Waals surface area contributed by atoms with Gasteiger partial charge in [0.15, 0.2) is 6.21 Å². The SMILES string of the molecule is C=C/C(=N\C(=C/C)OC(C)C)NC1=C(c2ccc(N)cc2)C=[N+](C)CC1. The van der Waals surface area contributed by atoms with Crippen molar-refractivity contribution in [2.45, 2.75) is 33.3 Å². The Kier molecular flexibility index (Phi) is 6.78. The maximum absolute atomic E-state index is 5.83. The lowest BCUT2D eigenvalue weighted by Crippen LogP contribution is -2.28. The number of hydrogen-bond acceptors (Lipinski definition) is 3. The zero-order chi connectivity index (χ0) is 19.1. The van der Waals surface area contributed by atoms with Crippen molar-refractivity contribution in [1.29, 1.82) is 0 Å². The molecule has 1 aromatic carbocycles. The standard InChI is InChI=1S/C21H28N4O/c1-6-20(24-21(7-2)26-15(3)4)23-19-12-13-25(5)14-18(19)16-8-10-17(22)11-9-16/h6-11,14-15H,1,12-13,22H2,2-5H3/p+1/b21-7+,24-20+. The Balaban J connectivity index is 2.36. The summed E-state index contributed by atoms with van der Waals surface area (Å²) in [6.45, 7) is 10.7. The highest BCUT2D eigenvalue weighted by Gasteiger charge is 2.18. The molecule has 1 aliphatic rings. The van der Waals surface area contributed by atoms with Crippen LogP contribution in [0.5, 0.6) is 0 Å². The Labute approximate surface area is 156 Å². The molecular formula is C21H29N4O+. The van der Waals surface area contributed by atoms with Gasteiger partial charge in [-0.25, -0.2) is 4.58 Å². The van der Waals surface area contributed by atoms with Gasteiger partial charge in [-0.3, -0.25) is 0 Å². The molecule has 0 bridgehead atoms. The van der Waals surface area contributed by atoms with E-state index in [1.54, 1.807) is 6.08 Å². The maximum atomic E-state index is 5.83. The first kappa shape index (κ1) is 19.5. The highest BCUT2D eigenvalue weighted by molar-refractivity contribution is 6.10. The second-order valence-electron chi connectivity index (χ2n) is 6.49. The number of ether oxygens (including phenoxy) is 1. The topological polar surface area (TPSA) is 62.6 Å². The Morgan fingerprint density at radius 1 is 1.35 bits per heavy atom. The van der Waals surface area contributed by atoms with Crippen LogP contribution < -0.4 is 11.1 Å². The largest absolute Gasteiger partial charge is 0.475 e. The number of aliphatic imine (C=N–C) groups is 1. The average molecular weight is 353 g/mol. The zero-order valence-electron chi connectivity index (χ0n) is 16.1. The molecule has 3 N–H and O–H groups in total. The van der Waals surface area contributed by atoms with Crippen molar-refractivity contribution in [2.75, 3.05) is 19.3 Å². The Hall–Kier alpha value is -2.82. The molecule has 0 atom stereocenters. The molecular weight excluding hydrogens is 324 g/mol. The van der Waals surface area contributed by atoms with Crippen LogP contribution in [0.2, 0.25) is 0 Å². The molecule has 0 amide bonds. The number of benzene rings is 1. The van der Waals surface area contributed by atoms with Crippen LogP contribution in [0, 0.1) is 0 Å². The first-order valence-corrected chi connectivity index (χ1v) is 8.88. The smallest absolute Gasteiger partial charge is 0.210 e. The maximum Gasteiger partial charge on any atom is 0.210 e. The summed E-state index contributed by atoms with van der Waals surface area (Å²) >= 11 is 0. The van der Waals surface area contributed by atoms with Crippen molar-refractivity contribution in [3.63, 3.8) is 0 Å². The van der Waals surface area contributed by atoms with Crippen molar-refractivity contribution >= 4 is 23.3 Å². The fourth-order valence-electron chi connectivity index (χ4n) is 2.63. The Morgan fingerprint density at radius 2 is 2.04 bits per heavy atom. The molecule has 5 heteroatoms. The Morgan fingerprint density at radius 3 is 2.62 bits per heavy atom. The van der Waals surface area contributed by atoms with Crippen molar-refractivity contribution in [3.05, 3.63) is 60.1 Å². The lowest BCUT2D eigenvalue weighted by molar-refractivity contribution is -0.491. The Bertz CT molecular complexity index is 768. The van der Waals surface area contributed by atoms with Crippen LogP contribution in [0.1, 0.15) is 32.8 Å². The normalized spacial score (nSPS) is 15.8. The van der Waals surface area contributed by atoms with Gasteiger partial charge in [-0.2, -0.15) is 4.99 Å². The highest BCUT2D eigenvalue weighted by Crippen LogP contribution is 2.22. The van der Waals surface area contributed by atoms with Crippen molar-refractivity contribution < 1.29 is 9.31 Å². The van der Waals surface area contributed by atoms with Gasteiger partial charge in [0.25, 0.3) is 0 Å². The molecule has 0 radical (unpaired) electrons. The number of nitrogens with two attached hydrogens (primary N) is 1. The van der Waals surface area contributed by atoms with Gasteiger partial charge in [0, 0.05) is 17.8 Å². The van der Waals surface area contributed by atoms with Gasteiger partial charge < -0.3 is 15.8 Å². The lowest BCUT2D eigenvalue weighted by atomic mass is 10.0. The van der Waals surface area contributed by atoms with E-state index in [0.717, 1.165) is 35.5 Å². The molecule has 0 saturated carbocycles. The molecule has 2 rings (SSSR count). The van der Waals surface area contributed by atoms with Crippen LogP contribution in [0.4, 0.5) is 5.69 Å². The number of amidine groups is 1. The molecule has 1 aliphatic heterocycles. The number of anilines is 1. The predicted molar refractivity (Wildman–Crippen MR) is 110 cm³/mol. The van der Waals surface area contributed by atoms with E-state index >= 15 is 0 Å². The van der Waals surface area contributed by atoms with E-state index in [-0.39, 0.29) is 6.10 Å². The quantitative estimate of drug-likeness (QED) is 0.270. The molecule has 138 valence electrons. The second kappa shape index (κ2) is 9.04. The minimum atomic E-state index is 0.0669. The third-order valence-electron chi connectivity index (χ3n) is 3.92. The van der Waals surface area contributed by atoms with E-state index in [0.29, 0.717) is 11.7 Å². The minimum Gasteiger partial charge on any atom is -0.475 e. The fourth-order valence-corrected chi connectivity index (χ4v) is 2.63. The minimum absolute atomic E-state index is 0.0669. The summed E-state index contributed by atoms with van der Waals surface area (Å²) in [4.78, 5) is 4.55. The van der Waals surface area contributed by atoms with Crippen molar-refractivity contribution in [2.24, 2.45) is 4.99 Å². The van der Waals surface area contributed by atoms with Crippen LogP contribution in [-0.2, 0) is 4.74 Å². The molecule has 0 spiro atoms. The van der Waals surface area contributed by atoms with Gasteiger partial charge in [0.2, 0.25) is 5.88 Å². The number of allylic oxidation sites excluding steroid dienone is 2. The summed E-state index contributed by atoms with van der Waals surface area (Å²) in [5.74, 6) is 1.24. The fraction of sp³-hybridized carbons (Fsp3) is 0.333. The monoisotopic (exact) mass is 353 g/mol. The van der Waals surface area contributed by atoms with Gasteiger partial charge >= 0.3 is 0 Å². The van der Waals surface area contributed by atoms with E-state index in [2.05, 4.69) is 34.7 Å². The van der Waals surface area contributed by atoms with Gasteiger partial charge in [-0.05, 0) is 50.6 Å². The van der Waals surface area contributed by atoms with E-state index in [9.17, 15) is 0 Å². The van der Waals surface area contributed by atoms with Gasteiger partial charge in [0.05, 0.1) is 11.7 Å². The summed E-state index contributed by atoms with van der Waals surface area (Å²) in [6, 6.07) is 7.90. The molecule has 0 aliphatic carbocycles. The molecule has 1 aromatic rings. The summed E-state index contributed by atoms with van der Waals surface area (Å²) in [7, 11) is 2.07. The number of nitrogens with one attached hydrogen (secondary N) is 1. The van der Waals surface area contributed by atoms with Crippen LogP contribution in [0.15, 0.2) is 59.6 Å². The summed E-state index contributed by atoms with van der Waals surface area (Å²) in [6.07, 6.45) is 6.65. The molecule has 1 heterocycles. The zero-order valence-corrected chi connectivity index (χ0v) is 16.1. The number of nitrogens with zero attached hydrogens (tertiary/aromatic N) is 2. The molecule has 5 nitrogen and oxygen atoms in total. The number of rotatable bonds is 6. The molecule has 0 fully saturated rings. The van der Waals surface area contributed by atoms with E-state index in [1.165, 1.54) is 0 Å². The molecule has 26 heavy (non-hydrogen) atoms. The first-order chi connectivity index (χ1) is 12.4. The summed E-state index contributed by atoms with van der Waals surface area (Å²) in [5, 5.41) is 3.43. The van der Waals surface area contributed by atoms with E-state index in [1.807, 2.05) is 51.1 Å². The van der Waals surface area contributed by atoms with Crippen LogP contribution in [0.25, 0.3) is 5.57 Å². The third-order valence-corrected chi connectivity index (χ3v) is 3.92. The average Bonchev–Trinajstić information content (AvgIpc) is 2.62. The first-order valence-electron chi connectivity index (χ1n) is 8.88. The van der Waals surface area contributed by atoms with Gasteiger partial charge in [-0.1, -0.05) is 18.7 Å². The van der Waals surface area contributed by atoms with E-state index in [4.69, 9.17) is 10.5 Å². The molecule has 0 aromatic heterocycles. The molecule has 0 unspecified atom stereocenters. The summed E-state index contributed by atoms with van der Waals surface area (Å²) in [5.41, 5.74) is 9.92. The second-order valence-corrected chi connectivity index (χ2v) is 6.49. The van der Waals surface area contributed by atoms with Gasteiger partial charge in [-0.15, -0.1) is 0 Å². The van der Waals surface area contributed by atoms with Gasteiger partial charge in [0.1, 0.15) is 19.4 Å². The summed E-state index contributed by atoms with van der Waals surface area (Å²) < 4.78 is 7.88. The highest BCUT2D eigenvalue weighted by atomic mass is 16.5. The number of hydrogen-bond donors (Lipinski definition) is 2. The van der Waals surface area contributed by atoms with Crippen molar-refractivity contribution in [1.82, 2.24) is 5.32 Å². The predicted octanol–water partition coefficient (Wildman–Crippen LogP) is 3.56. The van der Waals surface area contributed by atoms with Crippen LogP contribution in [0.3, 0.4) is 0 Å². The third kappa shape index (κ3) is 5.34. The van der Waals surface area contributed by atoms with Crippen LogP contribution in [-0.4, -0.2) is 36.3 Å². The molecule has 0 saturated heterocycles. The van der Waals surface area contributed by atoms with Crippen LogP contribution >= 0.6 is 0 Å². The van der Waals surface area contributed by atoms with Crippen molar-refractivity contribution in [3.8, 4) is 0 Å².